The summed E-state index contributed by atoms with van der Waals surface area (Å²) in [6, 6.07) is 7.97. The van der Waals surface area contributed by atoms with Crippen LogP contribution in [0.2, 0.25) is 0 Å². The molecule has 6 nitrogen and oxygen atoms in total. The molecule has 3 rings (SSSR count). The molecule has 0 spiro atoms. The van der Waals surface area contributed by atoms with E-state index in [0.29, 0.717) is 17.9 Å². The first-order valence-electron chi connectivity index (χ1n) is 7.47. The quantitative estimate of drug-likeness (QED) is 0.555. The summed E-state index contributed by atoms with van der Waals surface area (Å²) in [6.07, 6.45) is 4.18. The van der Waals surface area contributed by atoms with Gasteiger partial charge in [-0.15, -0.1) is 0 Å². The van der Waals surface area contributed by atoms with Gasteiger partial charge in [-0.2, -0.15) is 0 Å². The lowest BCUT2D eigenvalue weighted by Crippen LogP contribution is -2.06. The standard InChI is InChI=1S/C17H18N4O2/c1-11-4-3-5-14-13(9-20-17(11)14)6-7-18-16-8-12(2)15(10-19-16)21(22)23/h3-5,8-10,20H,6-7H2,1-2H3,(H,18,19). The predicted molar refractivity (Wildman–Crippen MR) is 90.9 cm³/mol. The van der Waals surface area contributed by atoms with Crippen LogP contribution in [0.4, 0.5) is 11.5 Å². The fraction of sp³-hybridized carbons (Fsp3) is 0.235. The Kier molecular flexibility index (Phi) is 3.97. The van der Waals surface area contributed by atoms with Crippen LogP contribution in [0.15, 0.2) is 36.7 Å². The van der Waals surface area contributed by atoms with Gasteiger partial charge in [-0.25, -0.2) is 4.98 Å². The van der Waals surface area contributed by atoms with Crippen LogP contribution in [0.5, 0.6) is 0 Å². The van der Waals surface area contributed by atoms with Crippen molar-refractivity contribution in [1.82, 2.24) is 9.97 Å². The number of aromatic amines is 1. The van der Waals surface area contributed by atoms with Gasteiger partial charge in [-0.05, 0) is 37.5 Å². The number of H-pyrrole nitrogens is 1. The molecule has 0 fully saturated rings. The first kappa shape index (κ1) is 15.0. The molecule has 0 saturated carbocycles. The van der Waals surface area contributed by atoms with E-state index in [1.54, 1.807) is 13.0 Å². The maximum absolute atomic E-state index is 10.8. The van der Waals surface area contributed by atoms with E-state index < -0.39 is 4.92 Å². The number of nitrogens with zero attached hydrogens (tertiary/aromatic N) is 2. The molecule has 0 aliphatic heterocycles. The number of pyridine rings is 1. The summed E-state index contributed by atoms with van der Waals surface area (Å²) < 4.78 is 0. The number of rotatable bonds is 5. The summed E-state index contributed by atoms with van der Waals surface area (Å²) in [5.74, 6) is 0.657. The molecule has 0 radical (unpaired) electrons. The van der Waals surface area contributed by atoms with E-state index in [0.717, 1.165) is 6.42 Å². The second kappa shape index (κ2) is 6.08. The van der Waals surface area contributed by atoms with Crippen molar-refractivity contribution in [3.63, 3.8) is 0 Å². The van der Waals surface area contributed by atoms with Crippen molar-refractivity contribution in [3.8, 4) is 0 Å². The molecule has 0 saturated heterocycles. The molecule has 23 heavy (non-hydrogen) atoms. The van der Waals surface area contributed by atoms with Gasteiger partial charge >= 0.3 is 0 Å². The van der Waals surface area contributed by atoms with E-state index in [1.165, 1.54) is 28.2 Å². The third-order valence-electron chi connectivity index (χ3n) is 3.99. The Labute approximate surface area is 133 Å². The number of anilines is 1. The molecule has 2 heterocycles. The van der Waals surface area contributed by atoms with Crippen molar-refractivity contribution < 1.29 is 4.92 Å². The summed E-state index contributed by atoms with van der Waals surface area (Å²) in [6.45, 7) is 4.52. The van der Waals surface area contributed by atoms with Crippen LogP contribution >= 0.6 is 0 Å². The monoisotopic (exact) mass is 310 g/mol. The van der Waals surface area contributed by atoms with E-state index in [9.17, 15) is 10.1 Å². The Hall–Kier alpha value is -2.89. The van der Waals surface area contributed by atoms with Crippen LogP contribution in [0, 0.1) is 24.0 Å². The molecule has 0 aliphatic carbocycles. The largest absolute Gasteiger partial charge is 0.370 e. The zero-order valence-corrected chi connectivity index (χ0v) is 13.1. The Morgan fingerprint density at radius 2 is 2.13 bits per heavy atom. The van der Waals surface area contributed by atoms with E-state index in [-0.39, 0.29) is 5.69 Å². The first-order chi connectivity index (χ1) is 11.1. The summed E-state index contributed by atoms with van der Waals surface area (Å²) in [4.78, 5) is 17.8. The zero-order valence-electron chi connectivity index (χ0n) is 13.1. The Bertz CT molecular complexity index is 870. The average molecular weight is 310 g/mol. The van der Waals surface area contributed by atoms with Crippen LogP contribution in [-0.4, -0.2) is 21.4 Å². The number of hydrogen-bond acceptors (Lipinski definition) is 4. The Morgan fingerprint density at radius 3 is 2.87 bits per heavy atom. The lowest BCUT2D eigenvalue weighted by atomic mass is 10.1. The van der Waals surface area contributed by atoms with Gasteiger partial charge in [-0.1, -0.05) is 18.2 Å². The number of para-hydroxylation sites is 1. The number of nitrogens with one attached hydrogen (secondary N) is 2. The number of fused-ring (bicyclic) bond motifs is 1. The number of benzene rings is 1. The second-order valence-corrected chi connectivity index (χ2v) is 5.60. The van der Waals surface area contributed by atoms with Gasteiger partial charge in [0, 0.05) is 29.2 Å². The SMILES string of the molecule is Cc1cc(NCCc2c[nH]c3c(C)cccc23)ncc1[N+](=O)[O-]. The third-order valence-corrected chi connectivity index (χ3v) is 3.99. The maximum Gasteiger partial charge on any atom is 0.290 e. The summed E-state index contributed by atoms with van der Waals surface area (Å²) in [5, 5.41) is 15.3. The minimum atomic E-state index is -0.416. The fourth-order valence-electron chi connectivity index (χ4n) is 2.73. The third kappa shape index (κ3) is 3.01. The van der Waals surface area contributed by atoms with Crippen molar-refractivity contribution in [3.05, 3.63) is 63.5 Å². The highest BCUT2D eigenvalue weighted by Gasteiger charge is 2.11. The molecule has 6 heteroatoms. The van der Waals surface area contributed by atoms with Gasteiger partial charge in [0.15, 0.2) is 0 Å². The van der Waals surface area contributed by atoms with E-state index in [1.807, 2.05) is 6.20 Å². The Morgan fingerprint density at radius 1 is 1.30 bits per heavy atom. The molecule has 0 aliphatic rings. The van der Waals surface area contributed by atoms with Crippen molar-refractivity contribution in [2.75, 3.05) is 11.9 Å². The maximum atomic E-state index is 10.8. The topological polar surface area (TPSA) is 83.8 Å². The molecule has 1 aromatic carbocycles. The van der Waals surface area contributed by atoms with Gasteiger partial charge in [0.05, 0.1) is 4.92 Å². The normalized spacial score (nSPS) is 10.9. The number of nitro groups is 1. The smallest absolute Gasteiger partial charge is 0.290 e. The van der Waals surface area contributed by atoms with Crippen LogP contribution in [0.1, 0.15) is 16.7 Å². The van der Waals surface area contributed by atoms with Gasteiger partial charge in [0.25, 0.3) is 5.69 Å². The van der Waals surface area contributed by atoms with Crippen LogP contribution in [-0.2, 0) is 6.42 Å². The van der Waals surface area contributed by atoms with E-state index in [4.69, 9.17) is 0 Å². The molecular weight excluding hydrogens is 292 g/mol. The van der Waals surface area contributed by atoms with Gasteiger partial charge in [0.1, 0.15) is 12.0 Å². The molecule has 0 unspecified atom stereocenters. The summed E-state index contributed by atoms with van der Waals surface area (Å²) in [5.41, 5.74) is 4.30. The minimum Gasteiger partial charge on any atom is -0.370 e. The highest BCUT2D eigenvalue weighted by Crippen LogP contribution is 2.22. The molecule has 2 aromatic heterocycles. The van der Waals surface area contributed by atoms with Crippen LogP contribution < -0.4 is 5.32 Å². The molecule has 2 N–H and O–H groups in total. The summed E-state index contributed by atoms with van der Waals surface area (Å²) >= 11 is 0. The van der Waals surface area contributed by atoms with Gasteiger partial charge in [-0.3, -0.25) is 10.1 Å². The highest BCUT2D eigenvalue weighted by atomic mass is 16.6. The lowest BCUT2D eigenvalue weighted by Gasteiger charge is -2.06. The average Bonchev–Trinajstić information content (AvgIpc) is 2.92. The van der Waals surface area contributed by atoms with Crippen molar-refractivity contribution in [1.29, 1.82) is 0 Å². The fourth-order valence-corrected chi connectivity index (χ4v) is 2.73. The number of hydrogen-bond donors (Lipinski definition) is 2. The number of aryl methyl sites for hydroxylation is 2. The molecule has 118 valence electrons. The minimum absolute atomic E-state index is 0.0441. The molecule has 0 amide bonds. The van der Waals surface area contributed by atoms with Crippen molar-refractivity contribution in [2.24, 2.45) is 0 Å². The zero-order chi connectivity index (χ0) is 16.4. The van der Waals surface area contributed by atoms with E-state index in [2.05, 4.69) is 40.4 Å². The predicted octanol–water partition coefficient (Wildman–Crippen LogP) is 3.74. The van der Waals surface area contributed by atoms with Gasteiger partial charge < -0.3 is 10.3 Å². The van der Waals surface area contributed by atoms with Crippen LogP contribution in [0.25, 0.3) is 10.9 Å². The summed E-state index contributed by atoms with van der Waals surface area (Å²) in [7, 11) is 0. The second-order valence-electron chi connectivity index (χ2n) is 5.60. The molecule has 0 atom stereocenters. The van der Waals surface area contributed by atoms with Gasteiger partial charge in [0.2, 0.25) is 0 Å². The lowest BCUT2D eigenvalue weighted by molar-refractivity contribution is -0.385. The molecule has 0 bridgehead atoms. The number of aromatic nitrogens is 2. The molecular formula is C17H18N4O2. The van der Waals surface area contributed by atoms with Crippen molar-refractivity contribution in [2.45, 2.75) is 20.3 Å². The molecule has 3 aromatic rings. The van der Waals surface area contributed by atoms with E-state index >= 15 is 0 Å². The Balaban J connectivity index is 1.68. The van der Waals surface area contributed by atoms with Crippen molar-refractivity contribution >= 4 is 22.4 Å². The first-order valence-corrected chi connectivity index (χ1v) is 7.47. The van der Waals surface area contributed by atoms with Crippen LogP contribution in [0.3, 0.4) is 0 Å². The highest BCUT2D eigenvalue weighted by molar-refractivity contribution is 5.85.